The van der Waals surface area contributed by atoms with Crippen LogP contribution in [-0.2, 0) is 4.74 Å². The van der Waals surface area contributed by atoms with Crippen LogP contribution in [0.2, 0.25) is 0 Å². The summed E-state index contributed by atoms with van der Waals surface area (Å²) >= 11 is 0. The van der Waals surface area contributed by atoms with Crippen molar-refractivity contribution in [2.24, 2.45) is 5.92 Å². The summed E-state index contributed by atoms with van der Waals surface area (Å²) in [6, 6.07) is 0. The lowest BCUT2D eigenvalue weighted by atomic mass is 9.69. The second kappa shape index (κ2) is 3.54. The molecule has 84 valence electrons. The molecule has 2 aliphatic carbocycles. The van der Waals surface area contributed by atoms with Crippen LogP contribution in [0.3, 0.4) is 0 Å². The smallest absolute Gasteiger partial charge is 0.115 e. The van der Waals surface area contributed by atoms with Crippen molar-refractivity contribution in [3.05, 3.63) is 11.3 Å². The van der Waals surface area contributed by atoms with Gasteiger partial charge < -0.3 is 4.74 Å². The van der Waals surface area contributed by atoms with Crippen LogP contribution in [-0.4, -0.2) is 5.60 Å². The molecule has 1 nitrogen and oxygen atoms in total. The minimum absolute atomic E-state index is 0.262. The average molecular weight is 206 g/mol. The molecule has 0 aromatic heterocycles. The third-order valence-electron chi connectivity index (χ3n) is 4.75. The first kappa shape index (κ1) is 9.74. The number of rotatable bonds is 0. The quantitative estimate of drug-likeness (QED) is 0.577. The summed E-state index contributed by atoms with van der Waals surface area (Å²) in [5.41, 5.74) is 1.95. The van der Waals surface area contributed by atoms with Gasteiger partial charge in [-0.2, -0.15) is 0 Å². The van der Waals surface area contributed by atoms with Crippen molar-refractivity contribution < 1.29 is 4.74 Å². The Bertz CT molecular complexity index is 284. The molecule has 0 bridgehead atoms. The van der Waals surface area contributed by atoms with E-state index in [0.29, 0.717) is 0 Å². The zero-order valence-corrected chi connectivity index (χ0v) is 9.85. The maximum absolute atomic E-state index is 6.32. The number of ether oxygens (including phenoxy) is 1. The first-order valence-electron chi connectivity index (χ1n) is 6.70. The highest BCUT2D eigenvalue weighted by atomic mass is 16.5. The SMILES string of the molecule is CC1=C2CCCCC2C2(CCCCC2)O1. The summed E-state index contributed by atoms with van der Waals surface area (Å²) < 4.78 is 6.32. The molecule has 1 heterocycles. The molecule has 1 unspecified atom stereocenters. The number of hydrogen-bond donors (Lipinski definition) is 0. The molecule has 0 aromatic rings. The second-order valence-corrected chi connectivity index (χ2v) is 5.61. The summed E-state index contributed by atoms with van der Waals surface area (Å²) in [4.78, 5) is 0. The Morgan fingerprint density at radius 3 is 2.67 bits per heavy atom. The van der Waals surface area contributed by atoms with E-state index in [0.717, 1.165) is 5.92 Å². The van der Waals surface area contributed by atoms with Crippen LogP contribution in [0.1, 0.15) is 64.7 Å². The third kappa shape index (κ3) is 1.43. The average Bonchev–Trinajstić information content (AvgIpc) is 2.55. The first-order chi connectivity index (χ1) is 7.32. The van der Waals surface area contributed by atoms with Crippen molar-refractivity contribution in [3.8, 4) is 0 Å². The summed E-state index contributed by atoms with van der Waals surface area (Å²) in [6.07, 6.45) is 12.4. The molecule has 3 aliphatic rings. The lowest BCUT2D eigenvalue weighted by Gasteiger charge is -2.40. The summed E-state index contributed by atoms with van der Waals surface area (Å²) in [7, 11) is 0. The molecule has 1 aliphatic heterocycles. The highest BCUT2D eigenvalue weighted by Crippen LogP contribution is 2.52. The fraction of sp³-hybridized carbons (Fsp3) is 0.857. The highest BCUT2D eigenvalue weighted by molar-refractivity contribution is 5.24. The minimum atomic E-state index is 0.262. The van der Waals surface area contributed by atoms with Gasteiger partial charge in [0.1, 0.15) is 5.60 Å². The van der Waals surface area contributed by atoms with E-state index in [9.17, 15) is 0 Å². The van der Waals surface area contributed by atoms with Gasteiger partial charge in [0.15, 0.2) is 0 Å². The van der Waals surface area contributed by atoms with Gasteiger partial charge in [0.05, 0.1) is 5.76 Å². The highest BCUT2D eigenvalue weighted by Gasteiger charge is 2.49. The van der Waals surface area contributed by atoms with E-state index in [1.165, 1.54) is 63.5 Å². The summed E-state index contributed by atoms with van der Waals surface area (Å²) in [5, 5.41) is 0. The van der Waals surface area contributed by atoms with Crippen molar-refractivity contribution in [2.45, 2.75) is 70.3 Å². The molecule has 0 N–H and O–H groups in total. The van der Waals surface area contributed by atoms with Crippen LogP contribution in [0.15, 0.2) is 11.3 Å². The lowest BCUT2D eigenvalue weighted by Crippen LogP contribution is -2.39. The van der Waals surface area contributed by atoms with Gasteiger partial charge in [-0.1, -0.05) is 12.8 Å². The van der Waals surface area contributed by atoms with Crippen molar-refractivity contribution in [1.29, 1.82) is 0 Å². The number of fused-ring (bicyclic) bond motifs is 2. The monoisotopic (exact) mass is 206 g/mol. The molecule has 1 spiro atoms. The topological polar surface area (TPSA) is 9.23 Å². The fourth-order valence-corrected chi connectivity index (χ4v) is 4.06. The van der Waals surface area contributed by atoms with Crippen LogP contribution >= 0.6 is 0 Å². The Balaban J connectivity index is 1.88. The van der Waals surface area contributed by atoms with Gasteiger partial charge in [-0.25, -0.2) is 0 Å². The Kier molecular flexibility index (Phi) is 2.30. The predicted octanol–water partition coefficient (Wildman–Crippen LogP) is 4.18. The van der Waals surface area contributed by atoms with E-state index in [-0.39, 0.29) is 5.60 Å². The van der Waals surface area contributed by atoms with Crippen molar-refractivity contribution in [2.75, 3.05) is 0 Å². The number of hydrogen-bond acceptors (Lipinski definition) is 1. The molecule has 2 saturated carbocycles. The molecule has 2 fully saturated rings. The van der Waals surface area contributed by atoms with Gasteiger partial charge in [0.2, 0.25) is 0 Å². The van der Waals surface area contributed by atoms with Crippen molar-refractivity contribution in [3.63, 3.8) is 0 Å². The molecule has 1 heteroatoms. The molecule has 3 rings (SSSR count). The normalized spacial score (nSPS) is 34.1. The molecule has 0 saturated heterocycles. The van der Waals surface area contributed by atoms with E-state index < -0.39 is 0 Å². The Morgan fingerprint density at radius 1 is 1.07 bits per heavy atom. The van der Waals surface area contributed by atoms with Crippen LogP contribution in [0, 0.1) is 5.92 Å². The zero-order chi connectivity index (χ0) is 10.3. The van der Waals surface area contributed by atoms with E-state index in [2.05, 4.69) is 6.92 Å². The second-order valence-electron chi connectivity index (χ2n) is 5.61. The van der Waals surface area contributed by atoms with Gasteiger partial charge in [-0.15, -0.1) is 0 Å². The van der Waals surface area contributed by atoms with Gasteiger partial charge >= 0.3 is 0 Å². The van der Waals surface area contributed by atoms with Gasteiger partial charge in [0, 0.05) is 5.92 Å². The standard InChI is InChI=1S/C14H22O/c1-11-12-7-3-4-8-13(12)14(15-11)9-5-2-6-10-14/h13H,2-10H2,1H3. The Hall–Kier alpha value is -0.460. The zero-order valence-electron chi connectivity index (χ0n) is 9.85. The van der Waals surface area contributed by atoms with Crippen LogP contribution in [0.5, 0.6) is 0 Å². The lowest BCUT2D eigenvalue weighted by molar-refractivity contribution is -0.0410. The largest absolute Gasteiger partial charge is 0.491 e. The summed E-state index contributed by atoms with van der Waals surface area (Å²) in [6.45, 7) is 2.21. The van der Waals surface area contributed by atoms with E-state index in [1.54, 1.807) is 5.57 Å². The van der Waals surface area contributed by atoms with Crippen LogP contribution < -0.4 is 0 Å². The van der Waals surface area contributed by atoms with E-state index in [4.69, 9.17) is 4.74 Å². The fourth-order valence-electron chi connectivity index (χ4n) is 4.06. The molecular weight excluding hydrogens is 184 g/mol. The van der Waals surface area contributed by atoms with Gasteiger partial charge in [0.25, 0.3) is 0 Å². The predicted molar refractivity (Wildman–Crippen MR) is 61.6 cm³/mol. The maximum atomic E-state index is 6.32. The van der Waals surface area contributed by atoms with Crippen LogP contribution in [0.25, 0.3) is 0 Å². The molecule has 0 aromatic carbocycles. The van der Waals surface area contributed by atoms with Crippen molar-refractivity contribution in [1.82, 2.24) is 0 Å². The molecule has 0 amide bonds. The van der Waals surface area contributed by atoms with Crippen LogP contribution in [0.4, 0.5) is 0 Å². The maximum Gasteiger partial charge on any atom is 0.115 e. The number of allylic oxidation sites excluding steroid dienone is 1. The Labute approximate surface area is 92.9 Å². The van der Waals surface area contributed by atoms with E-state index >= 15 is 0 Å². The molecule has 1 atom stereocenters. The van der Waals surface area contributed by atoms with Gasteiger partial charge in [-0.3, -0.25) is 0 Å². The van der Waals surface area contributed by atoms with Crippen molar-refractivity contribution >= 4 is 0 Å². The summed E-state index contributed by atoms with van der Waals surface area (Å²) in [5.74, 6) is 2.09. The molecule has 15 heavy (non-hydrogen) atoms. The molecular formula is C14H22O. The minimum Gasteiger partial charge on any atom is -0.491 e. The third-order valence-corrected chi connectivity index (χ3v) is 4.75. The van der Waals surface area contributed by atoms with E-state index in [1.807, 2.05) is 0 Å². The van der Waals surface area contributed by atoms with Gasteiger partial charge in [-0.05, 0) is 57.4 Å². The first-order valence-corrected chi connectivity index (χ1v) is 6.70. The Morgan fingerprint density at radius 2 is 1.87 bits per heavy atom. The molecule has 0 radical (unpaired) electrons.